The molecular formula is C17H9ClN2O6. The molecule has 9 heteroatoms. The van der Waals surface area contributed by atoms with Crippen LogP contribution in [0.4, 0.5) is 5.69 Å². The maximum Gasteiger partial charge on any atom is 0.363 e. The summed E-state index contributed by atoms with van der Waals surface area (Å²) in [6.45, 7) is -0.0244. The van der Waals surface area contributed by atoms with E-state index < -0.39 is 10.9 Å². The van der Waals surface area contributed by atoms with Crippen molar-refractivity contribution in [2.45, 2.75) is 0 Å². The minimum Gasteiger partial charge on any atom is -0.454 e. The number of carbonyl (C=O) groups is 1. The quantitative estimate of drug-likeness (QED) is 0.354. The zero-order valence-electron chi connectivity index (χ0n) is 13.0. The van der Waals surface area contributed by atoms with Crippen LogP contribution in [0.25, 0.3) is 6.08 Å². The fourth-order valence-electron chi connectivity index (χ4n) is 2.53. The molecule has 0 amide bonds. The summed E-state index contributed by atoms with van der Waals surface area (Å²) in [5.41, 5.74) is 0.277. The van der Waals surface area contributed by atoms with Gasteiger partial charge in [0, 0.05) is 0 Å². The van der Waals surface area contributed by atoms with Gasteiger partial charge in [-0.2, -0.15) is 0 Å². The number of nitrogens with zero attached hydrogens (tertiary/aromatic N) is 2. The molecule has 0 bridgehead atoms. The fraction of sp³-hybridized carbons (Fsp3) is 0.0588. The minimum absolute atomic E-state index is 0.0244. The Hall–Kier alpha value is -3.39. The van der Waals surface area contributed by atoms with Gasteiger partial charge in [-0.25, -0.2) is 9.79 Å². The number of hydrogen-bond donors (Lipinski definition) is 0. The van der Waals surface area contributed by atoms with Gasteiger partial charge >= 0.3 is 5.97 Å². The van der Waals surface area contributed by atoms with Gasteiger partial charge in [-0.15, -0.1) is 0 Å². The molecule has 130 valence electrons. The Morgan fingerprint density at radius 1 is 1.19 bits per heavy atom. The van der Waals surface area contributed by atoms with Crippen LogP contribution in [0, 0.1) is 10.1 Å². The first-order valence-electron chi connectivity index (χ1n) is 7.38. The van der Waals surface area contributed by atoms with Crippen molar-refractivity contribution in [1.29, 1.82) is 0 Å². The first kappa shape index (κ1) is 16.1. The van der Waals surface area contributed by atoms with Gasteiger partial charge in [0.1, 0.15) is 0 Å². The molecule has 4 rings (SSSR count). The average molecular weight is 373 g/mol. The number of carbonyl (C=O) groups excluding carboxylic acids is 1. The fourth-order valence-corrected chi connectivity index (χ4v) is 2.74. The maximum atomic E-state index is 12.1. The molecule has 2 aromatic rings. The first-order chi connectivity index (χ1) is 12.5. The van der Waals surface area contributed by atoms with Crippen LogP contribution in [0.1, 0.15) is 11.1 Å². The van der Waals surface area contributed by atoms with E-state index >= 15 is 0 Å². The number of hydrogen-bond acceptors (Lipinski definition) is 7. The molecule has 0 N–H and O–H groups in total. The SMILES string of the molecule is O=C1OC(c2ccccc2Cl)=NC1=Cc1cc2c(cc1[N+](=O)[O-])OCO2. The van der Waals surface area contributed by atoms with E-state index in [-0.39, 0.29) is 35.4 Å². The zero-order valence-corrected chi connectivity index (χ0v) is 13.7. The molecule has 0 saturated carbocycles. The smallest absolute Gasteiger partial charge is 0.363 e. The van der Waals surface area contributed by atoms with Gasteiger partial charge in [0.05, 0.1) is 27.1 Å². The second-order valence-corrected chi connectivity index (χ2v) is 5.74. The summed E-state index contributed by atoms with van der Waals surface area (Å²) in [6.07, 6.45) is 1.27. The van der Waals surface area contributed by atoms with E-state index in [1.165, 1.54) is 18.2 Å². The number of ether oxygens (including phenoxy) is 3. The number of halogens is 1. The second-order valence-electron chi connectivity index (χ2n) is 5.34. The van der Waals surface area contributed by atoms with Crippen molar-refractivity contribution < 1.29 is 23.9 Å². The third-order valence-electron chi connectivity index (χ3n) is 3.74. The molecular weight excluding hydrogens is 364 g/mol. The highest BCUT2D eigenvalue weighted by Gasteiger charge is 2.28. The van der Waals surface area contributed by atoms with Crippen LogP contribution >= 0.6 is 11.6 Å². The predicted molar refractivity (Wildman–Crippen MR) is 91.3 cm³/mol. The second kappa shape index (κ2) is 6.16. The van der Waals surface area contributed by atoms with E-state index in [1.807, 2.05) is 0 Å². The zero-order chi connectivity index (χ0) is 18.3. The molecule has 0 radical (unpaired) electrons. The Bertz CT molecular complexity index is 1010. The number of esters is 1. The van der Waals surface area contributed by atoms with Crippen LogP contribution in [0.3, 0.4) is 0 Å². The predicted octanol–water partition coefficient (Wildman–Crippen LogP) is 3.32. The van der Waals surface area contributed by atoms with Gasteiger partial charge in [-0.3, -0.25) is 10.1 Å². The lowest BCUT2D eigenvalue weighted by Crippen LogP contribution is -2.05. The molecule has 0 aromatic heterocycles. The summed E-state index contributed by atoms with van der Waals surface area (Å²) in [5, 5.41) is 11.7. The van der Waals surface area contributed by atoms with Crippen molar-refractivity contribution in [2.75, 3.05) is 6.79 Å². The van der Waals surface area contributed by atoms with E-state index in [0.29, 0.717) is 16.3 Å². The minimum atomic E-state index is -0.730. The highest BCUT2D eigenvalue weighted by molar-refractivity contribution is 6.34. The highest BCUT2D eigenvalue weighted by Crippen LogP contribution is 2.39. The number of fused-ring (bicyclic) bond motifs is 1. The van der Waals surface area contributed by atoms with Crippen LogP contribution in [0.5, 0.6) is 11.5 Å². The summed E-state index contributed by atoms with van der Waals surface area (Å²) in [5.74, 6) is -0.0700. The molecule has 0 aliphatic carbocycles. The Balaban J connectivity index is 1.78. The lowest BCUT2D eigenvalue weighted by molar-refractivity contribution is -0.385. The summed E-state index contributed by atoms with van der Waals surface area (Å²) in [4.78, 5) is 27.0. The van der Waals surface area contributed by atoms with Crippen molar-refractivity contribution in [1.82, 2.24) is 0 Å². The van der Waals surface area contributed by atoms with Crippen molar-refractivity contribution in [3.63, 3.8) is 0 Å². The van der Waals surface area contributed by atoms with E-state index in [2.05, 4.69) is 4.99 Å². The molecule has 0 atom stereocenters. The molecule has 0 fully saturated rings. The van der Waals surface area contributed by atoms with Crippen LogP contribution in [0.2, 0.25) is 5.02 Å². The molecule has 8 nitrogen and oxygen atoms in total. The van der Waals surface area contributed by atoms with Crippen molar-refractivity contribution in [3.05, 3.63) is 68.4 Å². The molecule has 2 aliphatic heterocycles. The van der Waals surface area contributed by atoms with E-state index in [9.17, 15) is 14.9 Å². The van der Waals surface area contributed by atoms with Crippen molar-refractivity contribution >= 4 is 35.2 Å². The lowest BCUT2D eigenvalue weighted by atomic mass is 10.1. The maximum absolute atomic E-state index is 12.1. The van der Waals surface area contributed by atoms with Crippen molar-refractivity contribution in [3.8, 4) is 11.5 Å². The summed E-state index contributed by atoms with van der Waals surface area (Å²) >= 11 is 6.08. The molecule has 0 unspecified atom stereocenters. The van der Waals surface area contributed by atoms with E-state index in [1.54, 1.807) is 24.3 Å². The van der Waals surface area contributed by atoms with Crippen LogP contribution in [0.15, 0.2) is 47.1 Å². The molecule has 0 spiro atoms. The third-order valence-corrected chi connectivity index (χ3v) is 4.07. The average Bonchev–Trinajstić information content (AvgIpc) is 3.21. The first-order valence-corrected chi connectivity index (χ1v) is 7.76. The van der Waals surface area contributed by atoms with Gasteiger partial charge in [0.15, 0.2) is 17.2 Å². The van der Waals surface area contributed by atoms with Crippen LogP contribution < -0.4 is 9.47 Å². The normalized spacial score (nSPS) is 16.6. The summed E-state index contributed by atoms with van der Waals surface area (Å²) in [7, 11) is 0. The van der Waals surface area contributed by atoms with Crippen LogP contribution in [-0.2, 0) is 9.53 Å². The molecule has 2 aromatic carbocycles. The van der Waals surface area contributed by atoms with E-state index in [4.69, 9.17) is 25.8 Å². The number of benzene rings is 2. The van der Waals surface area contributed by atoms with Crippen molar-refractivity contribution in [2.24, 2.45) is 4.99 Å². The molecule has 2 aliphatic rings. The third kappa shape index (κ3) is 2.76. The van der Waals surface area contributed by atoms with Gasteiger partial charge < -0.3 is 14.2 Å². The Morgan fingerprint density at radius 2 is 1.92 bits per heavy atom. The van der Waals surface area contributed by atoms with Crippen LogP contribution in [-0.4, -0.2) is 23.6 Å². The molecule has 26 heavy (non-hydrogen) atoms. The largest absolute Gasteiger partial charge is 0.454 e. The topological polar surface area (TPSA) is 100 Å². The summed E-state index contributed by atoms with van der Waals surface area (Å²) in [6, 6.07) is 9.41. The number of cyclic esters (lactones) is 1. The standard InChI is InChI=1S/C17H9ClN2O6/c18-11-4-2-1-3-10(11)16-19-12(17(21)26-16)5-9-6-14-15(25-8-24-14)7-13(9)20(22)23/h1-7H,8H2. The lowest BCUT2D eigenvalue weighted by Gasteiger charge is -2.01. The number of nitro groups is 1. The van der Waals surface area contributed by atoms with E-state index in [0.717, 1.165) is 0 Å². The highest BCUT2D eigenvalue weighted by atomic mass is 35.5. The van der Waals surface area contributed by atoms with Gasteiger partial charge in [0.25, 0.3) is 5.69 Å². The Morgan fingerprint density at radius 3 is 2.65 bits per heavy atom. The number of aliphatic imine (C=N–C) groups is 1. The van der Waals surface area contributed by atoms with Gasteiger partial charge in [-0.05, 0) is 24.3 Å². The Labute approximate surface area is 151 Å². The number of rotatable bonds is 3. The Kier molecular flexibility index (Phi) is 3.81. The number of nitro benzene ring substituents is 1. The summed E-state index contributed by atoms with van der Waals surface area (Å²) < 4.78 is 15.5. The monoisotopic (exact) mass is 372 g/mol. The molecule has 2 heterocycles. The molecule has 0 saturated heterocycles. The van der Waals surface area contributed by atoms with Gasteiger partial charge in [-0.1, -0.05) is 23.7 Å². The van der Waals surface area contributed by atoms with Gasteiger partial charge in [0.2, 0.25) is 12.7 Å².